The smallest absolute Gasteiger partial charge is 0.330 e. The number of aryl methyl sites for hydroxylation is 2. The highest BCUT2D eigenvalue weighted by atomic mass is 35.5. The molecule has 134 valence electrons. The van der Waals surface area contributed by atoms with E-state index < -0.39 is 10.4 Å². The molecule has 3 aromatic rings. The first-order valence-electron chi connectivity index (χ1n) is 6.68. The normalized spacial score (nSPS) is 10.9. The largest absolute Gasteiger partial charge is 0.394 e. The molecule has 1 aromatic carbocycles. The van der Waals surface area contributed by atoms with Gasteiger partial charge in [-0.15, -0.1) is 10.2 Å². The van der Waals surface area contributed by atoms with Crippen molar-refractivity contribution in [2.75, 3.05) is 5.32 Å². The van der Waals surface area contributed by atoms with E-state index in [4.69, 9.17) is 29.1 Å². The van der Waals surface area contributed by atoms with Gasteiger partial charge < -0.3 is 5.32 Å². The molecule has 2 aromatic heterocycles. The van der Waals surface area contributed by atoms with E-state index in [-0.39, 0.29) is 0 Å². The molecule has 0 spiro atoms. The highest BCUT2D eigenvalue weighted by molar-refractivity contribution is 7.79. The highest BCUT2D eigenvalue weighted by Gasteiger charge is 2.13. The van der Waals surface area contributed by atoms with E-state index >= 15 is 0 Å². The van der Waals surface area contributed by atoms with Gasteiger partial charge in [-0.3, -0.25) is 13.8 Å². The van der Waals surface area contributed by atoms with Crippen LogP contribution in [-0.4, -0.2) is 37.5 Å². The fourth-order valence-electron chi connectivity index (χ4n) is 1.73. The predicted molar refractivity (Wildman–Crippen MR) is 95.8 cm³/mol. The fourth-order valence-corrected chi connectivity index (χ4v) is 2.82. The van der Waals surface area contributed by atoms with Crippen molar-refractivity contribution in [2.24, 2.45) is 7.05 Å². The summed E-state index contributed by atoms with van der Waals surface area (Å²) in [5.41, 5.74) is 2.85. The third-order valence-electron chi connectivity index (χ3n) is 2.71. The highest BCUT2D eigenvalue weighted by Crippen LogP contribution is 2.31. The molecule has 0 saturated carbocycles. The summed E-state index contributed by atoms with van der Waals surface area (Å²) in [4.78, 5) is 0. The Morgan fingerprint density at radius 3 is 2.32 bits per heavy atom. The van der Waals surface area contributed by atoms with E-state index in [2.05, 4.69) is 27.5 Å². The molecule has 0 aliphatic heterocycles. The summed E-state index contributed by atoms with van der Waals surface area (Å²) in [6.45, 7) is 2.05. The van der Waals surface area contributed by atoms with Crippen molar-refractivity contribution in [1.82, 2.24) is 20.0 Å². The Morgan fingerprint density at radius 2 is 1.80 bits per heavy atom. The second-order valence-electron chi connectivity index (χ2n) is 4.85. The van der Waals surface area contributed by atoms with Crippen LogP contribution in [0.15, 0.2) is 30.5 Å². The molecular formula is C13H14ClN5O4S2. The number of rotatable bonds is 3. The maximum absolute atomic E-state index is 8.74. The zero-order valence-corrected chi connectivity index (χ0v) is 15.5. The Hall–Kier alpha value is -2.05. The Kier molecular flexibility index (Phi) is 6.08. The van der Waals surface area contributed by atoms with Gasteiger partial charge in [0.15, 0.2) is 5.01 Å². The van der Waals surface area contributed by atoms with Gasteiger partial charge in [-0.05, 0) is 19.1 Å². The standard InChI is InChI=1S/C13H12ClN5S.H2O4S/c1-8-3-5-9(6-4-8)15-13-17-16-12(20-13)11-10(14)7-19(2)18-11;1-5(2,3)4/h3-7H,1-2H3,(H,15,17);(H2,1,2,3,4). The van der Waals surface area contributed by atoms with Crippen LogP contribution in [-0.2, 0) is 17.4 Å². The third kappa shape index (κ3) is 6.40. The van der Waals surface area contributed by atoms with Gasteiger partial charge in [0, 0.05) is 18.9 Å². The molecule has 25 heavy (non-hydrogen) atoms. The Labute approximate surface area is 152 Å². The molecule has 0 atom stereocenters. The summed E-state index contributed by atoms with van der Waals surface area (Å²) >= 11 is 7.52. The van der Waals surface area contributed by atoms with Crippen molar-refractivity contribution in [3.63, 3.8) is 0 Å². The van der Waals surface area contributed by atoms with Gasteiger partial charge >= 0.3 is 10.4 Å². The second kappa shape index (κ2) is 7.89. The topological polar surface area (TPSA) is 130 Å². The number of nitrogens with zero attached hydrogens (tertiary/aromatic N) is 4. The van der Waals surface area contributed by atoms with Crippen molar-refractivity contribution < 1.29 is 17.5 Å². The molecule has 0 radical (unpaired) electrons. The molecule has 0 aliphatic rings. The van der Waals surface area contributed by atoms with E-state index in [0.29, 0.717) is 20.9 Å². The number of hydrogen-bond acceptors (Lipinski definition) is 7. The van der Waals surface area contributed by atoms with Gasteiger partial charge in [0.05, 0.1) is 5.02 Å². The molecule has 0 unspecified atom stereocenters. The molecule has 0 amide bonds. The number of hydrogen-bond donors (Lipinski definition) is 3. The molecule has 0 fully saturated rings. The zero-order chi connectivity index (χ0) is 18.6. The van der Waals surface area contributed by atoms with Crippen LogP contribution in [0.2, 0.25) is 5.02 Å². The third-order valence-corrected chi connectivity index (χ3v) is 3.84. The Morgan fingerprint density at radius 1 is 1.20 bits per heavy atom. The summed E-state index contributed by atoms with van der Waals surface area (Å²) in [5, 5.41) is 17.7. The molecule has 2 heterocycles. The van der Waals surface area contributed by atoms with Crippen molar-refractivity contribution in [2.45, 2.75) is 6.92 Å². The van der Waals surface area contributed by atoms with Crippen LogP contribution >= 0.6 is 22.9 Å². The van der Waals surface area contributed by atoms with E-state index in [1.54, 1.807) is 10.9 Å². The first kappa shape index (κ1) is 19.3. The lowest BCUT2D eigenvalue weighted by Gasteiger charge is -2.01. The van der Waals surface area contributed by atoms with Gasteiger partial charge in [0.25, 0.3) is 0 Å². The Bertz CT molecular complexity index is 945. The maximum Gasteiger partial charge on any atom is 0.394 e. The van der Waals surface area contributed by atoms with Crippen molar-refractivity contribution >= 4 is 44.2 Å². The second-order valence-corrected chi connectivity index (χ2v) is 7.13. The average molecular weight is 404 g/mol. The number of anilines is 2. The van der Waals surface area contributed by atoms with Gasteiger partial charge in [-0.25, -0.2) is 0 Å². The minimum atomic E-state index is -4.67. The van der Waals surface area contributed by atoms with Gasteiger partial charge in [-0.1, -0.05) is 40.6 Å². The molecule has 3 rings (SSSR count). The molecule has 3 N–H and O–H groups in total. The molecule has 0 bridgehead atoms. The van der Waals surface area contributed by atoms with Crippen molar-refractivity contribution in [3.05, 3.63) is 41.0 Å². The van der Waals surface area contributed by atoms with Crippen LogP contribution in [0.3, 0.4) is 0 Å². The lowest BCUT2D eigenvalue weighted by molar-refractivity contribution is 0.381. The molecular weight excluding hydrogens is 390 g/mol. The van der Waals surface area contributed by atoms with E-state index in [0.717, 1.165) is 5.69 Å². The minimum Gasteiger partial charge on any atom is -0.330 e. The zero-order valence-electron chi connectivity index (χ0n) is 13.1. The Balaban J connectivity index is 0.000000399. The minimum absolute atomic E-state index is 0.575. The summed E-state index contributed by atoms with van der Waals surface area (Å²) in [6, 6.07) is 8.09. The van der Waals surface area contributed by atoms with E-state index in [1.807, 2.05) is 31.3 Å². The molecule has 12 heteroatoms. The van der Waals surface area contributed by atoms with Crippen LogP contribution in [0.1, 0.15) is 5.56 Å². The van der Waals surface area contributed by atoms with Crippen molar-refractivity contribution in [3.8, 4) is 10.7 Å². The summed E-state index contributed by atoms with van der Waals surface area (Å²) in [5.74, 6) is 0. The molecule has 9 nitrogen and oxygen atoms in total. The first-order valence-corrected chi connectivity index (χ1v) is 9.27. The maximum atomic E-state index is 8.74. The predicted octanol–water partition coefficient (Wildman–Crippen LogP) is 2.99. The first-order chi connectivity index (χ1) is 11.6. The van der Waals surface area contributed by atoms with Gasteiger partial charge in [-0.2, -0.15) is 13.5 Å². The van der Waals surface area contributed by atoms with Crippen LogP contribution < -0.4 is 5.32 Å². The van der Waals surface area contributed by atoms with Gasteiger partial charge in [0.2, 0.25) is 5.13 Å². The monoisotopic (exact) mass is 403 g/mol. The lowest BCUT2D eigenvalue weighted by Crippen LogP contribution is -1.89. The number of aromatic nitrogens is 4. The fraction of sp³-hybridized carbons (Fsp3) is 0.154. The summed E-state index contributed by atoms with van der Waals surface area (Å²) in [6.07, 6.45) is 1.74. The summed E-state index contributed by atoms with van der Waals surface area (Å²) in [7, 11) is -2.85. The van der Waals surface area contributed by atoms with E-state index in [9.17, 15) is 0 Å². The SMILES string of the molecule is Cc1ccc(Nc2nnc(-c3nn(C)cc3Cl)s2)cc1.O=S(=O)(O)O. The number of halogens is 1. The quantitative estimate of drug-likeness (QED) is 0.569. The van der Waals surface area contributed by atoms with Crippen molar-refractivity contribution in [1.29, 1.82) is 0 Å². The molecule has 0 aliphatic carbocycles. The van der Waals surface area contributed by atoms with Crippen LogP contribution in [0.5, 0.6) is 0 Å². The van der Waals surface area contributed by atoms with Crippen LogP contribution in [0, 0.1) is 6.92 Å². The average Bonchev–Trinajstić information content (AvgIpc) is 3.06. The summed E-state index contributed by atoms with van der Waals surface area (Å²) < 4.78 is 33.2. The number of benzene rings is 1. The van der Waals surface area contributed by atoms with Crippen LogP contribution in [0.4, 0.5) is 10.8 Å². The number of nitrogens with one attached hydrogen (secondary N) is 1. The lowest BCUT2D eigenvalue weighted by atomic mass is 10.2. The van der Waals surface area contributed by atoms with E-state index in [1.165, 1.54) is 16.9 Å². The molecule has 0 saturated heterocycles. The van der Waals surface area contributed by atoms with Gasteiger partial charge in [0.1, 0.15) is 5.69 Å². The van der Waals surface area contributed by atoms with Crippen LogP contribution in [0.25, 0.3) is 10.7 Å².